The summed E-state index contributed by atoms with van der Waals surface area (Å²) in [6, 6.07) is 7.28. The summed E-state index contributed by atoms with van der Waals surface area (Å²) in [7, 11) is 4.42. The molecule has 0 aliphatic carbocycles. The van der Waals surface area contributed by atoms with E-state index in [0.717, 1.165) is 0 Å². The second-order valence-corrected chi connectivity index (χ2v) is 5.88. The summed E-state index contributed by atoms with van der Waals surface area (Å²) >= 11 is 0. The minimum atomic E-state index is -0.611. The number of hydrogen-bond acceptors (Lipinski definition) is 6. The lowest BCUT2D eigenvalue weighted by Crippen LogP contribution is -2.22. The van der Waals surface area contributed by atoms with Crippen LogP contribution >= 0.6 is 0 Å². The number of amides is 1. The Morgan fingerprint density at radius 3 is 2.21 bits per heavy atom. The summed E-state index contributed by atoms with van der Waals surface area (Å²) in [6.07, 6.45) is -0.0943. The molecule has 150 valence electrons. The lowest BCUT2D eigenvalue weighted by atomic mass is 10.1. The monoisotopic (exact) mass is 391 g/mol. The average Bonchev–Trinajstić information content (AvgIpc) is 2.68. The zero-order valence-electron chi connectivity index (χ0n) is 16.1. The topological polar surface area (TPSA) is 83.1 Å². The molecule has 0 aliphatic rings. The average molecular weight is 391 g/mol. The molecule has 0 heterocycles. The summed E-state index contributed by atoms with van der Waals surface area (Å²) in [4.78, 5) is 24.0. The molecule has 0 atom stereocenters. The molecule has 0 fully saturated rings. The van der Waals surface area contributed by atoms with Gasteiger partial charge in [-0.3, -0.25) is 9.59 Å². The highest BCUT2D eigenvalue weighted by Gasteiger charge is 2.16. The largest absolute Gasteiger partial charge is 0.493 e. The maximum Gasteiger partial charge on any atom is 0.310 e. The van der Waals surface area contributed by atoms with E-state index >= 15 is 0 Å². The van der Waals surface area contributed by atoms with Crippen molar-refractivity contribution in [3.63, 3.8) is 0 Å². The molecule has 0 unspecified atom stereocenters. The summed E-state index contributed by atoms with van der Waals surface area (Å²) in [6.45, 7) is 1.24. The number of nitrogens with one attached hydrogen (secondary N) is 1. The molecule has 0 aliphatic heterocycles. The van der Waals surface area contributed by atoms with Crippen molar-refractivity contribution in [1.29, 1.82) is 0 Å². The minimum absolute atomic E-state index is 0.0943. The summed E-state index contributed by atoms with van der Waals surface area (Å²) < 4.78 is 34.0. The van der Waals surface area contributed by atoms with Crippen molar-refractivity contribution in [2.24, 2.45) is 0 Å². The van der Waals surface area contributed by atoms with Crippen LogP contribution in [-0.4, -0.2) is 39.8 Å². The number of ether oxygens (including phenoxy) is 4. The molecule has 2 aromatic rings. The number of halogens is 1. The van der Waals surface area contributed by atoms with E-state index in [2.05, 4.69) is 5.32 Å². The fourth-order valence-electron chi connectivity index (χ4n) is 2.52. The molecule has 0 saturated carbocycles. The highest BCUT2D eigenvalue weighted by molar-refractivity contribution is 5.93. The lowest BCUT2D eigenvalue weighted by molar-refractivity contribution is -0.146. The van der Waals surface area contributed by atoms with Crippen LogP contribution < -0.4 is 19.5 Å². The van der Waals surface area contributed by atoms with Crippen molar-refractivity contribution in [3.8, 4) is 17.2 Å². The number of anilines is 1. The molecular weight excluding hydrogens is 369 g/mol. The fraction of sp³-hybridized carbons (Fsp3) is 0.300. The maximum absolute atomic E-state index is 13.3. The third-order valence-corrected chi connectivity index (χ3v) is 3.91. The van der Waals surface area contributed by atoms with Gasteiger partial charge in [-0.05, 0) is 42.3 Å². The number of esters is 1. The Hall–Kier alpha value is -3.29. The van der Waals surface area contributed by atoms with Crippen LogP contribution in [0.1, 0.15) is 11.1 Å². The molecule has 0 aromatic heterocycles. The zero-order chi connectivity index (χ0) is 20.7. The second kappa shape index (κ2) is 9.59. The standard InChI is InChI=1S/C20H22FNO6/c1-12-5-6-14(21)10-15(12)22-18(23)11-28-19(24)9-13-7-16(25-2)20(27-4)17(8-13)26-3/h5-8,10H,9,11H2,1-4H3,(H,22,23). The molecule has 2 rings (SSSR count). The maximum atomic E-state index is 13.3. The van der Waals surface area contributed by atoms with E-state index in [-0.39, 0.29) is 6.42 Å². The van der Waals surface area contributed by atoms with E-state index in [1.54, 1.807) is 25.1 Å². The lowest BCUT2D eigenvalue weighted by Gasteiger charge is -2.14. The van der Waals surface area contributed by atoms with Crippen molar-refractivity contribution < 1.29 is 32.9 Å². The first-order chi connectivity index (χ1) is 13.4. The Kier molecular flexibility index (Phi) is 7.20. The van der Waals surface area contributed by atoms with Gasteiger partial charge in [0.1, 0.15) is 5.82 Å². The van der Waals surface area contributed by atoms with Gasteiger partial charge < -0.3 is 24.3 Å². The quantitative estimate of drug-likeness (QED) is 0.697. The summed E-state index contributed by atoms with van der Waals surface area (Å²) in [5, 5.41) is 2.51. The molecule has 0 saturated heterocycles. The summed E-state index contributed by atoms with van der Waals surface area (Å²) in [5.41, 5.74) is 1.59. The number of methoxy groups -OCH3 is 3. The predicted octanol–water partition coefficient (Wildman–Crippen LogP) is 2.88. The van der Waals surface area contributed by atoms with Gasteiger partial charge >= 0.3 is 5.97 Å². The second-order valence-electron chi connectivity index (χ2n) is 5.88. The van der Waals surface area contributed by atoms with Crippen LogP contribution in [0.5, 0.6) is 17.2 Å². The van der Waals surface area contributed by atoms with E-state index in [1.165, 1.54) is 33.5 Å². The Balaban J connectivity index is 1.97. The smallest absolute Gasteiger partial charge is 0.310 e. The van der Waals surface area contributed by atoms with Crippen molar-refractivity contribution in [1.82, 2.24) is 0 Å². The van der Waals surface area contributed by atoms with Crippen LogP contribution in [0.3, 0.4) is 0 Å². The van der Waals surface area contributed by atoms with Gasteiger partial charge in [0, 0.05) is 5.69 Å². The highest BCUT2D eigenvalue weighted by atomic mass is 19.1. The minimum Gasteiger partial charge on any atom is -0.493 e. The molecule has 7 nitrogen and oxygen atoms in total. The van der Waals surface area contributed by atoms with Gasteiger partial charge in [0.2, 0.25) is 5.75 Å². The number of hydrogen-bond donors (Lipinski definition) is 1. The first-order valence-electron chi connectivity index (χ1n) is 8.38. The van der Waals surface area contributed by atoms with Gasteiger partial charge in [0.25, 0.3) is 5.91 Å². The first kappa shape index (κ1) is 21.0. The number of rotatable bonds is 8. The van der Waals surface area contributed by atoms with Crippen LogP contribution in [0.15, 0.2) is 30.3 Å². The van der Waals surface area contributed by atoms with Gasteiger partial charge in [0.05, 0.1) is 27.8 Å². The van der Waals surface area contributed by atoms with Gasteiger partial charge in [0.15, 0.2) is 18.1 Å². The summed E-state index contributed by atoms with van der Waals surface area (Å²) in [5.74, 6) is -0.424. The fourth-order valence-corrected chi connectivity index (χ4v) is 2.52. The zero-order valence-corrected chi connectivity index (χ0v) is 16.1. The number of aryl methyl sites for hydroxylation is 1. The van der Waals surface area contributed by atoms with E-state index in [9.17, 15) is 14.0 Å². The van der Waals surface area contributed by atoms with Crippen molar-refractivity contribution >= 4 is 17.6 Å². The van der Waals surface area contributed by atoms with Gasteiger partial charge in [-0.1, -0.05) is 6.07 Å². The Labute approximate surface area is 162 Å². The van der Waals surface area contributed by atoms with E-state index in [4.69, 9.17) is 18.9 Å². The van der Waals surface area contributed by atoms with Crippen LogP contribution in [0, 0.1) is 12.7 Å². The van der Waals surface area contributed by atoms with Crippen molar-refractivity contribution in [2.75, 3.05) is 33.3 Å². The van der Waals surface area contributed by atoms with E-state index in [1.807, 2.05) is 0 Å². The van der Waals surface area contributed by atoms with Crippen LogP contribution in [0.2, 0.25) is 0 Å². The van der Waals surface area contributed by atoms with Gasteiger partial charge in [-0.15, -0.1) is 0 Å². The third kappa shape index (κ3) is 5.35. The molecule has 0 bridgehead atoms. The van der Waals surface area contributed by atoms with Gasteiger partial charge in [-0.2, -0.15) is 0 Å². The van der Waals surface area contributed by atoms with Crippen molar-refractivity contribution in [3.05, 3.63) is 47.3 Å². The molecule has 1 amide bonds. The third-order valence-electron chi connectivity index (χ3n) is 3.91. The normalized spacial score (nSPS) is 10.2. The molecular formula is C20H22FNO6. The van der Waals surface area contributed by atoms with Crippen LogP contribution in [0.4, 0.5) is 10.1 Å². The molecule has 28 heavy (non-hydrogen) atoms. The molecule has 0 spiro atoms. The number of carbonyl (C=O) groups is 2. The molecule has 0 radical (unpaired) electrons. The van der Waals surface area contributed by atoms with E-state index in [0.29, 0.717) is 34.1 Å². The van der Waals surface area contributed by atoms with Crippen molar-refractivity contribution in [2.45, 2.75) is 13.3 Å². The van der Waals surface area contributed by atoms with Gasteiger partial charge in [-0.25, -0.2) is 4.39 Å². The number of carbonyl (C=O) groups excluding carboxylic acids is 2. The number of benzene rings is 2. The first-order valence-corrected chi connectivity index (χ1v) is 8.38. The Bertz CT molecular complexity index is 843. The molecule has 1 N–H and O–H groups in total. The molecule has 8 heteroatoms. The van der Waals surface area contributed by atoms with Crippen LogP contribution in [0.25, 0.3) is 0 Å². The highest BCUT2D eigenvalue weighted by Crippen LogP contribution is 2.38. The predicted molar refractivity (Wildman–Crippen MR) is 101 cm³/mol. The molecule has 2 aromatic carbocycles. The van der Waals surface area contributed by atoms with E-state index < -0.39 is 24.3 Å². The Morgan fingerprint density at radius 2 is 1.64 bits per heavy atom. The Morgan fingerprint density at radius 1 is 1.00 bits per heavy atom. The van der Waals surface area contributed by atoms with Crippen LogP contribution in [-0.2, 0) is 20.7 Å². The SMILES string of the molecule is COc1cc(CC(=O)OCC(=O)Nc2cc(F)ccc2C)cc(OC)c1OC.